The molecule has 1 atom stereocenters. The second-order valence-corrected chi connectivity index (χ2v) is 7.60. The molecule has 1 aromatic rings. The number of rotatable bonds is 6. The lowest BCUT2D eigenvalue weighted by Gasteiger charge is -2.18. The van der Waals surface area contributed by atoms with Crippen molar-refractivity contribution in [1.82, 2.24) is 4.72 Å². The van der Waals surface area contributed by atoms with E-state index in [0.717, 1.165) is 5.56 Å². The number of aliphatic hydroxyl groups excluding tert-OH is 1. The summed E-state index contributed by atoms with van der Waals surface area (Å²) < 4.78 is 27.6. The van der Waals surface area contributed by atoms with Gasteiger partial charge < -0.3 is 5.11 Å². The van der Waals surface area contributed by atoms with Crippen molar-refractivity contribution in [3.05, 3.63) is 28.2 Å². The van der Waals surface area contributed by atoms with Crippen molar-refractivity contribution in [2.75, 3.05) is 6.61 Å². The fraction of sp³-hybridized carbons (Fsp3) is 0.538. The molecule has 0 aliphatic heterocycles. The van der Waals surface area contributed by atoms with Crippen molar-refractivity contribution in [3.8, 4) is 0 Å². The molecule has 0 saturated heterocycles. The number of benzene rings is 1. The molecule has 0 aliphatic rings. The van der Waals surface area contributed by atoms with Gasteiger partial charge in [-0.1, -0.05) is 19.9 Å². The van der Waals surface area contributed by atoms with E-state index in [-0.39, 0.29) is 11.5 Å². The Morgan fingerprint density at radius 2 is 2.00 bits per heavy atom. The van der Waals surface area contributed by atoms with Crippen LogP contribution in [0.4, 0.5) is 0 Å². The predicted molar refractivity (Wildman–Crippen MR) is 79.5 cm³/mol. The molecule has 1 unspecified atom stereocenters. The van der Waals surface area contributed by atoms with E-state index in [1.54, 1.807) is 18.2 Å². The smallest absolute Gasteiger partial charge is 0.242 e. The summed E-state index contributed by atoms with van der Waals surface area (Å²) in [6.45, 7) is 5.66. The molecule has 1 rings (SSSR count). The summed E-state index contributed by atoms with van der Waals surface area (Å²) in [5, 5.41) is 9.26. The zero-order chi connectivity index (χ0) is 14.6. The first-order chi connectivity index (χ1) is 8.76. The number of sulfonamides is 1. The number of aryl methyl sites for hydroxylation is 1. The van der Waals surface area contributed by atoms with Crippen LogP contribution in [0.15, 0.2) is 27.6 Å². The van der Waals surface area contributed by atoms with Gasteiger partial charge in [0.15, 0.2) is 0 Å². The molecular formula is C13H20BrNO3S. The van der Waals surface area contributed by atoms with Crippen molar-refractivity contribution in [2.24, 2.45) is 5.92 Å². The molecule has 0 bridgehead atoms. The minimum atomic E-state index is -3.62. The molecule has 0 aliphatic carbocycles. The highest BCUT2D eigenvalue weighted by molar-refractivity contribution is 9.10. The molecule has 108 valence electrons. The molecule has 19 heavy (non-hydrogen) atoms. The Hall–Kier alpha value is -0.430. The van der Waals surface area contributed by atoms with Gasteiger partial charge in [0.1, 0.15) is 0 Å². The van der Waals surface area contributed by atoms with Gasteiger partial charge in [0, 0.05) is 10.5 Å². The molecule has 2 N–H and O–H groups in total. The molecule has 0 saturated carbocycles. The first-order valence-electron chi connectivity index (χ1n) is 6.15. The molecule has 0 amide bonds. The first-order valence-corrected chi connectivity index (χ1v) is 8.43. The minimum Gasteiger partial charge on any atom is -0.395 e. The van der Waals surface area contributed by atoms with Crippen LogP contribution in [0.25, 0.3) is 0 Å². The summed E-state index contributed by atoms with van der Waals surface area (Å²) in [6, 6.07) is 4.60. The highest BCUT2D eigenvalue weighted by atomic mass is 79.9. The van der Waals surface area contributed by atoms with Crippen LogP contribution in [0, 0.1) is 12.8 Å². The maximum Gasteiger partial charge on any atom is 0.242 e. The van der Waals surface area contributed by atoms with Crippen LogP contribution in [0.1, 0.15) is 25.8 Å². The van der Waals surface area contributed by atoms with E-state index < -0.39 is 16.1 Å². The molecule has 4 nitrogen and oxygen atoms in total. The average Bonchev–Trinajstić information content (AvgIpc) is 2.26. The molecule has 0 fully saturated rings. The van der Waals surface area contributed by atoms with Crippen molar-refractivity contribution < 1.29 is 13.5 Å². The maximum absolute atomic E-state index is 12.3. The van der Waals surface area contributed by atoms with E-state index in [1.165, 1.54) is 0 Å². The molecule has 0 spiro atoms. The fourth-order valence-electron chi connectivity index (χ4n) is 1.84. The number of halogens is 1. The summed E-state index contributed by atoms with van der Waals surface area (Å²) in [7, 11) is -3.62. The second kappa shape index (κ2) is 6.83. The van der Waals surface area contributed by atoms with Gasteiger partial charge in [-0.2, -0.15) is 0 Å². The van der Waals surface area contributed by atoms with Gasteiger partial charge in [-0.3, -0.25) is 0 Å². The van der Waals surface area contributed by atoms with Crippen LogP contribution in [-0.4, -0.2) is 26.2 Å². The number of hydrogen-bond acceptors (Lipinski definition) is 3. The third-order valence-corrected chi connectivity index (χ3v) is 5.17. The van der Waals surface area contributed by atoms with Gasteiger partial charge in [-0.15, -0.1) is 0 Å². The minimum absolute atomic E-state index is 0.195. The Morgan fingerprint density at radius 1 is 1.37 bits per heavy atom. The summed E-state index contributed by atoms with van der Waals surface area (Å²) in [4.78, 5) is 0.195. The number of aliphatic hydroxyl groups is 1. The Bertz CT molecular complexity index is 529. The van der Waals surface area contributed by atoms with Crippen molar-refractivity contribution in [3.63, 3.8) is 0 Å². The van der Waals surface area contributed by atoms with Gasteiger partial charge in [0.05, 0.1) is 11.5 Å². The topological polar surface area (TPSA) is 66.4 Å². The van der Waals surface area contributed by atoms with Crippen LogP contribution >= 0.6 is 15.9 Å². The van der Waals surface area contributed by atoms with E-state index >= 15 is 0 Å². The Labute approximate surface area is 123 Å². The monoisotopic (exact) mass is 349 g/mol. The third kappa shape index (κ3) is 4.87. The van der Waals surface area contributed by atoms with Crippen LogP contribution in [0.5, 0.6) is 0 Å². The van der Waals surface area contributed by atoms with E-state index in [2.05, 4.69) is 20.7 Å². The molecule has 0 aromatic heterocycles. The number of hydrogen-bond donors (Lipinski definition) is 2. The van der Waals surface area contributed by atoms with E-state index in [1.807, 2.05) is 20.8 Å². The normalized spacial score (nSPS) is 13.8. The first kappa shape index (κ1) is 16.6. The van der Waals surface area contributed by atoms with Gasteiger partial charge >= 0.3 is 0 Å². The van der Waals surface area contributed by atoms with Crippen LogP contribution in [0.3, 0.4) is 0 Å². The Kier molecular flexibility index (Phi) is 5.98. The van der Waals surface area contributed by atoms with Crippen molar-refractivity contribution >= 4 is 26.0 Å². The highest BCUT2D eigenvalue weighted by Crippen LogP contribution is 2.23. The Balaban J connectivity index is 2.97. The summed E-state index contributed by atoms with van der Waals surface area (Å²) >= 11 is 3.26. The Morgan fingerprint density at radius 3 is 2.47 bits per heavy atom. The zero-order valence-electron chi connectivity index (χ0n) is 11.4. The van der Waals surface area contributed by atoms with Crippen LogP contribution in [0.2, 0.25) is 0 Å². The van der Waals surface area contributed by atoms with E-state index in [0.29, 0.717) is 16.8 Å². The van der Waals surface area contributed by atoms with Gasteiger partial charge in [0.25, 0.3) is 0 Å². The maximum atomic E-state index is 12.3. The van der Waals surface area contributed by atoms with Gasteiger partial charge in [-0.25, -0.2) is 13.1 Å². The van der Waals surface area contributed by atoms with E-state index in [4.69, 9.17) is 0 Å². The van der Waals surface area contributed by atoms with Crippen molar-refractivity contribution in [2.45, 2.75) is 38.1 Å². The molecule has 0 heterocycles. The van der Waals surface area contributed by atoms with Crippen LogP contribution < -0.4 is 4.72 Å². The zero-order valence-corrected chi connectivity index (χ0v) is 13.8. The highest BCUT2D eigenvalue weighted by Gasteiger charge is 2.22. The summed E-state index contributed by atoms with van der Waals surface area (Å²) in [5.41, 5.74) is 0.978. The van der Waals surface area contributed by atoms with Crippen molar-refractivity contribution in [1.29, 1.82) is 0 Å². The lowest BCUT2D eigenvalue weighted by atomic mass is 10.1. The summed E-state index contributed by atoms with van der Waals surface area (Å²) in [6.07, 6.45) is 0.596. The average molecular weight is 350 g/mol. The van der Waals surface area contributed by atoms with E-state index in [9.17, 15) is 13.5 Å². The SMILES string of the molecule is Cc1ccc(S(=O)(=O)NC(CO)CC(C)C)c(Br)c1. The number of nitrogens with one attached hydrogen (secondary N) is 1. The van der Waals surface area contributed by atoms with Crippen LogP contribution in [-0.2, 0) is 10.0 Å². The second-order valence-electron chi connectivity index (χ2n) is 5.06. The molecule has 0 radical (unpaired) electrons. The van der Waals surface area contributed by atoms with Gasteiger partial charge in [-0.05, 0) is 52.9 Å². The molecule has 6 heteroatoms. The predicted octanol–water partition coefficient (Wildman–Crippen LogP) is 2.44. The lowest BCUT2D eigenvalue weighted by molar-refractivity contribution is 0.240. The summed E-state index contributed by atoms with van der Waals surface area (Å²) in [5.74, 6) is 0.307. The quantitative estimate of drug-likeness (QED) is 0.828. The lowest BCUT2D eigenvalue weighted by Crippen LogP contribution is -2.38. The largest absolute Gasteiger partial charge is 0.395 e. The standard InChI is InChI=1S/C13H20BrNO3S/c1-9(2)6-11(8-16)15-19(17,18)13-5-4-10(3)7-12(13)14/h4-5,7,9,11,15-16H,6,8H2,1-3H3. The fourth-order valence-corrected chi connectivity index (χ4v) is 4.27. The third-order valence-electron chi connectivity index (χ3n) is 2.68. The molecule has 1 aromatic carbocycles. The molecular weight excluding hydrogens is 330 g/mol. The van der Waals surface area contributed by atoms with Gasteiger partial charge in [0.2, 0.25) is 10.0 Å².